The molecule has 2 heterocycles. The van der Waals surface area contributed by atoms with Gasteiger partial charge in [0, 0.05) is 28.7 Å². The normalized spacial score (nSPS) is 54.2. The van der Waals surface area contributed by atoms with Crippen molar-refractivity contribution in [1.82, 2.24) is 5.32 Å². The van der Waals surface area contributed by atoms with E-state index >= 15 is 0 Å². The lowest BCUT2D eigenvalue weighted by Crippen LogP contribution is -2.58. The first-order chi connectivity index (χ1) is 8.19. The number of rotatable bonds is 1. The first-order valence-electron chi connectivity index (χ1n) is 6.85. The van der Waals surface area contributed by atoms with Gasteiger partial charge in [-0.1, -0.05) is 15.9 Å². The first kappa shape index (κ1) is 12.4. The Morgan fingerprint density at radius 2 is 2.12 bits per heavy atom. The first-order valence-corrected chi connectivity index (χ1v) is 7.77. The topological polar surface area (TPSA) is 41.5 Å². The molecule has 0 radical (unpaired) electrons. The molecule has 6 unspecified atom stereocenters. The number of piperidine rings is 1. The van der Waals surface area contributed by atoms with Gasteiger partial charge in [0.25, 0.3) is 0 Å². The quantitative estimate of drug-likeness (QED) is 0.724. The summed E-state index contributed by atoms with van der Waals surface area (Å²) in [5.74, 6) is 1.22. The third kappa shape index (κ3) is 2.18. The summed E-state index contributed by atoms with van der Waals surface area (Å²) in [6.45, 7) is 2.45. The minimum atomic E-state index is 0.0729. The van der Waals surface area contributed by atoms with Crippen molar-refractivity contribution in [2.45, 2.75) is 61.7 Å². The summed E-state index contributed by atoms with van der Waals surface area (Å²) in [6, 6.07) is 1.15. The van der Waals surface area contributed by atoms with E-state index in [1.807, 2.05) is 0 Å². The minimum absolute atomic E-state index is 0.0729. The number of ether oxygens (including phenoxy) is 1. The van der Waals surface area contributed by atoms with Crippen LogP contribution in [0, 0.1) is 11.8 Å². The van der Waals surface area contributed by atoms with E-state index in [1.165, 1.54) is 19.3 Å². The van der Waals surface area contributed by atoms with Crippen LogP contribution in [0.4, 0.5) is 0 Å². The van der Waals surface area contributed by atoms with E-state index < -0.39 is 0 Å². The Hall–Kier alpha value is 0.360. The van der Waals surface area contributed by atoms with Crippen LogP contribution in [0.1, 0.15) is 32.6 Å². The predicted octanol–water partition coefficient (Wildman–Crippen LogP) is 1.68. The molecular formula is C13H22BrNO2. The summed E-state index contributed by atoms with van der Waals surface area (Å²) in [7, 11) is 0. The molecule has 3 aliphatic rings. The van der Waals surface area contributed by atoms with E-state index in [0.717, 1.165) is 6.42 Å². The molecular weight excluding hydrogens is 282 g/mol. The summed E-state index contributed by atoms with van der Waals surface area (Å²) in [5, 5.41) is 13.1. The molecule has 3 fully saturated rings. The average Bonchev–Trinajstić information content (AvgIpc) is 2.75. The molecule has 0 aromatic rings. The lowest BCUT2D eigenvalue weighted by Gasteiger charge is -2.47. The van der Waals surface area contributed by atoms with E-state index in [9.17, 15) is 5.11 Å². The van der Waals surface area contributed by atoms with Crippen molar-refractivity contribution in [1.29, 1.82) is 0 Å². The fourth-order valence-corrected chi connectivity index (χ4v) is 4.72. The highest BCUT2D eigenvalue weighted by Gasteiger charge is 2.50. The second-order valence-corrected chi connectivity index (χ2v) is 7.24. The van der Waals surface area contributed by atoms with E-state index in [4.69, 9.17) is 4.74 Å². The van der Waals surface area contributed by atoms with E-state index in [-0.39, 0.29) is 12.7 Å². The van der Waals surface area contributed by atoms with Gasteiger partial charge in [-0.25, -0.2) is 0 Å². The largest absolute Gasteiger partial charge is 0.394 e. The standard InChI is InChI=1S/C13H22BrNO2/c1-7-10-5-9(6-16)17-13(10)11-4-8(14)2-3-12(11)15-7/h7-13,15-16H,2-6H2,1H3/t7?,8?,9-,10?,11?,12?,13?/m1/s1. The Kier molecular flexibility index (Phi) is 3.50. The molecule has 0 spiro atoms. The van der Waals surface area contributed by atoms with Crippen LogP contribution in [0.2, 0.25) is 0 Å². The summed E-state index contributed by atoms with van der Waals surface area (Å²) < 4.78 is 6.09. The number of hydrogen-bond donors (Lipinski definition) is 2. The second-order valence-electron chi connectivity index (χ2n) is 5.94. The highest BCUT2D eigenvalue weighted by Crippen LogP contribution is 2.44. The van der Waals surface area contributed by atoms with Gasteiger partial charge in [0.2, 0.25) is 0 Å². The summed E-state index contributed by atoms with van der Waals surface area (Å²) in [5.41, 5.74) is 0. The van der Waals surface area contributed by atoms with Gasteiger partial charge in [0.05, 0.1) is 18.8 Å². The Bertz CT molecular complexity index is 289. The van der Waals surface area contributed by atoms with Gasteiger partial charge in [0.15, 0.2) is 0 Å². The second kappa shape index (κ2) is 4.80. The molecule has 2 N–H and O–H groups in total. The van der Waals surface area contributed by atoms with Gasteiger partial charge in [-0.05, 0) is 32.6 Å². The van der Waals surface area contributed by atoms with Crippen LogP contribution in [0.15, 0.2) is 0 Å². The smallest absolute Gasteiger partial charge is 0.0814 e. The van der Waals surface area contributed by atoms with Crippen LogP contribution in [-0.4, -0.2) is 40.8 Å². The highest BCUT2D eigenvalue weighted by molar-refractivity contribution is 9.09. The maximum Gasteiger partial charge on any atom is 0.0814 e. The maximum atomic E-state index is 9.29. The Morgan fingerprint density at radius 3 is 2.88 bits per heavy atom. The molecule has 1 saturated carbocycles. The number of hydrogen-bond acceptors (Lipinski definition) is 3. The van der Waals surface area contributed by atoms with Gasteiger partial charge in [-0.15, -0.1) is 0 Å². The van der Waals surface area contributed by atoms with Crippen molar-refractivity contribution in [3.05, 3.63) is 0 Å². The zero-order valence-corrected chi connectivity index (χ0v) is 11.9. The molecule has 3 nitrogen and oxygen atoms in total. The van der Waals surface area contributed by atoms with Crippen LogP contribution in [0.25, 0.3) is 0 Å². The number of halogens is 1. The molecule has 0 amide bonds. The third-order valence-corrected chi connectivity index (χ3v) is 5.72. The molecule has 98 valence electrons. The van der Waals surface area contributed by atoms with Crippen LogP contribution in [-0.2, 0) is 4.74 Å². The molecule has 0 aromatic heterocycles. The molecule has 17 heavy (non-hydrogen) atoms. The maximum absolute atomic E-state index is 9.29. The molecule has 0 bridgehead atoms. The van der Waals surface area contributed by atoms with Crippen molar-refractivity contribution < 1.29 is 9.84 Å². The molecule has 0 aromatic carbocycles. The SMILES string of the molecule is CC1NC2CCC(Br)CC2C2O[C@@H](CO)CC12. The summed E-state index contributed by atoms with van der Waals surface area (Å²) in [6.07, 6.45) is 5.19. The fraction of sp³-hybridized carbons (Fsp3) is 1.00. The molecule has 2 saturated heterocycles. The molecule has 3 rings (SSSR count). The Labute approximate surface area is 111 Å². The highest BCUT2D eigenvalue weighted by atomic mass is 79.9. The van der Waals surface area contributed by atoms with Crippen molar-refractivity contribution in [3.8, 4) is 0 Å². The van der Waals surface area contributed by atoms with E-state index in [1.54, 1.807) is 0 Å². The molecule has 4 heteroatoms. The van der Waals surface area contributed by atoms with Gasteiger partial charge < -0.3 is 15.2 Å². The predicted molar refractivity (Wildman–Crippen MR) is 70.3 cm³/mol. The lowest BCUT2D eigenvalue weighted by molar-refractivity contribution is -0.0582. The molecule has 7 atom stereocenters. The lowest BCUT2D eigenvalue weighted by atomic mass is 9.71. The van der Waals surface area contributed by atoms with Gasteiger partial charge >= 0.3 is 0 Å². The van der Waals surface area contributed by atoms with Crippen LogP contribution in [0.3, 0.4) is 0 Å². The summed E-state index contributed by atoms with van der Waals surface area (Å²) >= 11 is 3.76. The number of fused-ring (bicyclic) bond motifs is 3. The van der Waals surface area contributed by atoms with Gasteiger partial charge in [-0.3, -0.25) is 0 Å². The number of aliphatic hydroxyl groups is 1. The van der Waals surface area contributed by atoms with Gasteiger partial charge in [-0.2, -0.15) is 0 Å². The molecule has 2 aliphatic heterocycles. The number of aliphatic hydroxyl groups excluding tert-OH is 1. The zero-order chi connectivity index (χ0) is 12.0. The molecule has 1 aliphatic carbocycles. The van der Waals surface area contributed by atoms with E-state index in [0.29, 0.717) is 34.9 Å². The van der Waals surface area contributed by atoms with Crippen LogP contribution in [0.5, 0.6) is 0 Å². The third-order valence-electron chi connectivity index (χ3n) is 4.89. The van der Waals surface area contributed by atoms with Crippen LogP contribution < -0.4 is 5.32 Å². The van der Waals surface area contributed by atoms with Crippen LogP contribution >= 0.6 is 15.9 Å². The van der Waals surface area contributed by atoms with Gasteiger partial charge in [0.1, 0.15) is 0 Å². The van der Waals surface area contributed by atoms with E-state index in [2.05, 4.69) is 28.2 Å². The zero-order valence-electron chi connectivity index (χ0n) is 10.3. The fourth-order valence-electron chi connectivity index (χ4n) is 4.02. The number of nitrogens with one attached hydrogen (secondary N) is 1. The Balaban J connectivity index is 1.78. The Morgan fingerprint density at radius 1 is 1.29 bits per heavy atom. The monoisotopic (exact) mass is 303 g/mol. The van der Waals surface area contributed by atoms with Crippen molar-refractivity contribution in [2.75, 3.05) is 6.61 Å². The minimum Gasteiger partial charge on any atom is -0.394 e. The average molecular weight is 304 g/mol. The van der Waals surface area contributed by atoms with Crippen molar-refractivity contribution in [2.24, 2.45) is 11.8 Å². The number of alkyl halides is 1. The summed E-state index contributed by atoms with van der Waals surface area (Å²) in [4.78, 5) is 0.649. The van der Waals surface area contributed by atoms with Crippen molar-refractivity contribution in [3.63, 3.8) is 0 Å². The van der Waals surface area contributed by atoms with Crippen molar-refractivity contribution >= 4 is 15.9 Å².